The summed E-state index contributed by atoms with van der Waals surface area (Å²) in [5.74, 6) is -0.513. The van der Waals surface area contributed by atoms with Gasteiger partial charge in [0.25, 0.3) is 5.91 Å². The molecule has 0 aliphatic carbocycles. The highest BCUT2D eigenvalue weighted by molar-refractivity contribution is 6.29. The Balaban J connectivity index is 2.16. The van der Waals surface area contributed by atoms with Gasteiger partial charge in [-0.15, -0.1) is 0 Å². The summed E-state index contributed by atoms with van der Waals surface area (Å²) >= 11 is 5.64. The first-order chi connectivity index (χ1) is 9.13. The van der Waals surface area contributed by atoms with Gasteiger partial charge in [-0.05, 0) is 12.8 Å². The number of aromatic nitrogens is 2. The van der Waals surface area contributed by atoms with Gasteiger partial charge in [-0.2, -0.15) is 0 Å². The SMILES string of the molecule is COC(=O)CCCCCNC(=O)c1cncc(Cl)n1. The number of rotatable bonds is 7. The van der Waals surface area contributed by atoms with E-state index < -0.39 is 0 Å². The summed E-state index contributed by atoms with van der Waals surface area (Å²) in [5, 5.41) is 2.90. The van der Waals surface area contributed by atoms with Gasteiger partial charge in [-0.1, -0.05) is 18.0 Å². The summed E-state index contributed by atoms with van der Waals surface area (Å²) in [5.41, 5.74) is 0.196. The van der Waals surface area contributed by atoms with Crippen LogP contribution < -0.4 is 5.32 Å². The van der Waals surface area contributed by atoms with Gasteiger partial charge in [-0.25, -0.2) is 4.98 Å². The molecule has 0 saturated carbocycles. The highest BCUT2D eigenvalue weighted by Crippen LogP contribution is 2.03. The van der Waals surface area contributed by atoms with Crippen LogP contribution in [0.2, 0.25) is 5.15 Å². The molecule has 1 heterocycles. The van der Waals surface area contributed by atoms with Gasteiger partial charge in [0, 0.05) is 13.0 Å². The molecule has 0 bridgehead atoms. The molecule has 0 saturated heterocycles. The second kappa shape index (κ2) is 8.42. The number of halogens is 1. The molecule has 0 fully saturated rings. The third-order valence-electron chi connectivity index (χ3n) is 2.41. The lowest BCUT2D eigenvalue weighted by molar-refractivity contribution is -0.140. The molecule has 7 heteroatoms. The topological polar surface area (TPSA) is 81.2 Å². The number of unbranched alkanes of at least 4 members (excludes halogenated alkanes) is 2. The fourth-order valence-corrected chi connectivity index (χ4v) is 1.56. The van der Waals surface area contributed by atoms with Crippen molar-refractivity contribution in [1.82, 2.24) is 15.3 Å². The lowest BCUT2D eigenvalue weighted by Gasteiger charge is -2.04. The molecule has 1 N–H and O–H groups in total. The number of carbonyl (C=O) groups is 2. The Labute approximate surface area is 116 Å². The van der Waals surface area contributed by atoms with Gasteiger partial charge in [0.05, 0.1) is 19.5 Å². The van der Waals surface area contributed by atoms with Crippen molar-refractivity contribution < 1.29 is 14.3 Å². The van der Waals surface area contributed by atoms with Crippen molar-refractivity contribution in [1.29, 1.82) is 0 Å². The normalized spacial score (nSPS) is 10.0. The molecule has 0 aliphatic heterocycles. The molecule has 0 spiro atoms. The smallest absolute Gasteiger partial charge is 0.305 e. The molecule has 1 aromatic heterocycles. The van der Waals surface area contributed by atoms with Crippen LogP contribution in [0.5, 0.6) is 0 Å². The van der Waals surface area contributed by atoms with Crippen molar-refractivity contribution in [3.63, 3.8) is 0 Å². The van der Waals surface area contributed by atoms with Crippen LogP contribution >= 0.6 is 11.6 Å². The van der Waals surface area contributed by atoms with Crippen molar-refractivity contribution in [2.45, 2.75) is 25.7 Å². The molecule has 0 atom stereocenters. The van der Waals surface area contributed by atoms with Gasteiger partial charge >= 0.3 is 5.97 Å². The number of hydrogen-bond acceptors (Lipinski definition) is 5. The van der Waals surface area contributed by atoms with Crippen molar-refractivity contribution in [3.05, 3.63) is 23.2 Å². The maximum absolute atomic E-state index is 11.6. The zero-order valence-corrected chi connectivity index (χ0v) is 11.4. The third-order valence-corrected chi connectivity index (χ3v) is 2.59. The number of hydrogen-bond donors (Lipinski definition) is 1. The maximum Gasteiger partial charge on any atom is 0.305 e. The maximum atomic E-state index is 11.6. The number of nitrogens with zero attached hydrogens (tertiary/aromatic N) is 2. The van der Waals surface area contributed by atoms with Gasteiger partial charge < -0.3 is 10.1 Å². The third kappa shape index (κ3) is 6.15. The first kappa shape index (κ1) is 15.4. The number of carbonyl (C=O) groups excluding carboxylic acids is 2. The summed E-state index contributed by atoms with van der Waals surface area (Å²) in [6, 6.07) is 0. The summed E-state index contributed by atoms with van der Waals surface area (Å²) in [7, 11) is 1.37. The molecule has 6 nitrogen and oxygen atoms in total. The zero-order chi connectivity index (χ0) is 14.1. The van der Waals surface area contributed by atoms with Crippen LogP contribution in [0.15, 0.2) is 12.4 Å². The molecular formula is C12H16ClN3O3. The number of esters is 1. The first-order valence-corrected chi connectivity index (χ1v) is 6.34. The van der Waals surface area contributed by atoms with Crippen LogP contribution in [0.3, 0.4) is 0 Å². The minimum Gasteiger partial charge on any atom is -0.469 e. The zero-order valence-electron chi connectivity index (χ0n) is 10.7. The van der Waals surface area contributed by atoms with E-state index in [2.05, 4.69) is 20.0 Å². The predicted molar refractivity (Wildman–Crippen MR) is 69.9 cm³/mol. The van der Waals surface area contributed by atoms with E-state index in [1.165, 1.54) is 19.5 Å². The number of methoxy groups -OCH3 is 1. The summed E-state index contributed by atoms with van der Waals surface area (Å²) in [6.07, 6.45) is 5.51. The highest BCUT2D eigenvalue weighted by atomic mass is 35.5. The Bertz CT molecular complexity index is 440. The van der Waals surface area contributed by atoms with Crippen LogP contribution in [0.4, 0.5) is 0 Å². The minimum atomic E-state index is -0.303. The quantitative estimate of drug-likeness (QED) is 0.608. The Kier molecular flexibility index (Phi) is 6.81. The molecule has 1 aromatic rings. The van der Waals surface area contributed by atoms with Crippen LogP contribution in [0.1, 0.15) is 36.2 Å². The van der Waals surface area contributed by atoms with Gasteiger partial charge in [-0.3, -0.25) is 14.6 Å². The molecule has 0 aromatic carbocycles. The first-order valence-electron chi connectivity index (χ1n) is 5.96. The second-order valence-corrected chi connectivity index (χ2v) is 4.26. The Morgan fingerprint density at radius 2 is 2.11 bits per heavy atom. The largest absolute Gasteiger partial charge is 0.469 e. The number of nitrogens with one attached hydrogen (secondary N) is 1. The molecule has 19 heavy (non-hydrogen) atoms. The van der Waals surface area contributed by atoms with Crippen molar-refractivity contribution in [3.8, 4) is 0 Å². The van der Waals surface area contributed by atoms with Gasteiger partial charge in [0.15, 0.2) is 0 Å². The van der Waals surface area contributed by atoms with Crippen LogP contribution in [-0.4, -0.2) is 35.5 Å². The fraction of sp³-hybridized carbons (Fsp3) is 0.500. The van der Waals surface area contributed by atoms with Crippen LogP contribution in [-0.2, 0) is 9.53 Å². The fourth-order valence-electron chi connectivity index (χ4n) is 1.42. The van der Waals surface area contributed by atoms with Crippen LogP contribution in [0, 0.1) is 0 Å². The summed E-state index contributed by atoms with van der Waals surface area (Å²) < 4.78 is 4.53. The standard InChI is InChI=1S/C12H16ClN3O3/c1-19-11(17)5-3-2-4-6-15-12(18)9-7-14-8-10(13)16-9/h7-8H,2-6H2,1H3,(H,15,18). The lowest BCUT2D eigenvalue weighted by atomic mass is 10.2. The van der Waals surface area contributed by atoms with Crippen LogP contribution in [0.25, 0.3) is 0 Å². The van der Waals surface area contributed by atoms with E-state index in [0.717, 1.165) is 19.3 Å². The Morgan fingerprint density at radius 1 is 1.32 bits per heavy atom. The van der Waals surface area contributed by atoms with Gasteiger partial charge in [0.1, 0.15) is 10.8 Å². The Morgan fingerprint density at radius 3 is 2.79 bits per heavy atom. The predicted octanol–water partition coefficient (Wildman–Crippen LogP) is 1.59. The molecule has 104 valence electrons. The summed E-state index contributed by atoms with van der Waals surface area (Å²) in [4.78, 5) is 30.1. The van der Waals surface area contributed by atoms with Crippen molar-refractivity contribution in [2.75, 3.05) is 13.7 Å². The molecule has 1 rings (SSSR count). The summed E-state index contributed by atoms with van der Waals surface area (Å²) in [6.45, 7) is 0.522. The Hall–Kier alpha value is -1.69. The molecule has 0 aliphatic rings. The van der Waals surface area contributed by atoms with E-state index in [0.29, 0.717) is 13.0 Å². The minimum absolute atomic E-state index is 0.186. The monoisotopic (exact) mass is 285 g/mol. The second-order valence-electron chi connectivity index (χ2n) is 3.87. The van der Waals surface area contributed by atoms with E-state index in [4.69, 9.17) is 11.6 Å². The lowest BCUT2D eigenvalue weighted by Crippen LogP contribution is -2.25. The molecular weight excluding hydrogens is 270 g/mol. The molecule has 0 unspecified atom stereocenters. The van der Waals surface area contributed by atoms with E-state index in [1.54, 1.807) is 0 Å². The molecule has 0 radical (unpaired) electrons. The number of amides is 1. The van der Waals surface area contributed by atoms with E-state index in [-0.39, 0.29) is 22.7 Å². The van der Waals surface area contributed by atoms with Crippen molar-refractivity contribution >= 4 is 23.5 Å². The van der Waals surface area contributed by atoms with E-state index in [9.17, 15) is 9.59 Å². The average molecular weight is 286 g/mol. The molecule has 1 amide bonds. The van der Waals surface area contributed by atoms with E-state index in [1.807, 2.05) is 0 Å². The van der Waals surface area contributed by atoms with Gasteiger partial charge in [0.2, 0.25) is 0 Å². The average Bonchev–Trinajstić information content (AvgIpc) is 2.42. The van der Waals surface area contributed by atoms with E-state index >= 15 is 0 Å². The number of ether oxygens (including phenoxy) is 1. The highest BCUT2D eigenvalue weighted by Gasteiger charge is 2.07. The van der Waals surface area contributed by atoms with Crippen molar-refractivity contribution in [2.24, 2.45) is 0 Å².